The van der Waals surface area contributed by atoms with E-state index in [1.165, 1.54) is 18.6 Å². The van der Waals surface area contributed by atoms with Crippen molar-refractivity contribution in [2.45, 2.75) is 31.8 Å². The Hall–Kier alpha value is -2.17. The number of hydrogen-bond donors (Lipinski definition) is 0. The largest absolute Gasteiger partial charge is 0.474 e. The first-order valence-electron chi connectivity index (χ1n) is 8.40. The molecule has 1 saturated carbocycles. The maximum Gasteiger partial charge on any atom is 0.214 e. The molecule has 5 heteroatoms. The predicted octanol–water partition coefficient (Wildman–Crippen LogP) is 4.37. The molecule has 1 aliphatic carbocycles. The zero-order chi connectivity index (χ0) is 16.5. The van der Waals surface area contributed by atoms with Crippen LogP contribution < -0.4 is 9.64 Å². The summed E-state index contributed by atoms with van der Waals surface area (Å²) in [5.41, 5.74) is 0.995. The van der Waals surface area contributed by atoms with Crippen molar-refractivity contribution in [3.05, 3.63) is 48.4 Å². The summed E-state index contributed by atoms with van der Waals surface area (Å²) in [6.45, 7) is 1.23. The predicted molar refractivity (Wildman–Crippen MR) is 89.0 cm³/mol. The van der Waals surface area contributed by atoms with Gasteiger partial charge in [-0.25, -0.2) is 13.8 Å². The van der Waals surface area contributed by atoms with E-state index >= 15 is 0 Å². The van der Waals surface area contributed by atoms with Gasteiger partial charge in [0, 0.05) is 24.7 Å². The molecule has 0 N–H and O–H groups in total. The van der Waals surface area contributed by atoms with Crippen molar-refractivity contribution >= 4 is 5.69 Å². The van der Waals surface area contributed by atoms with Crippen LogP contribution in [0.3, 0.4) is 0 Å². The van der Waals surface area contributed by atoms with Crippen LogP contribution in [0, 0.1) is 18.1 Å². The number of nitrogens with zero attached hydrogens (tertiary/aromatic N) is 2. The highest BCUT2D eigenvalue weighted by molar-refractivity contribution is 5.65. The topological polar surface area (TPSA) is 25.4 Å². The maximum absolute atomic E-state index is 14.5. The van der Waals surface area contributed by atoms with E-state index in [0.717, 1.165) is 19.3 Å². The summed E-state index contributed by atoms with van der Waals surface area (Å²) in [5, 5.41) is 0. The Morgan fingerprint density at radius 3 is 2.54 bits per heavy atom. The highest BCUT2D eigenvalue weighted by Gasteiger charge is 2.22. The minimum absolute atomic E-state index is 0.0503. The van der Waals surface area contributed by atoms with Gasteiger partial charge in [-0.1, -0.05) is 6.07 Å². The molecule has 0 amide bonds. The van der Waals surface area contributed by atoms with E-state index in [9.17, 15) is 8.78 Å². The van der Waals surface area contributed by atoms with Gasteiger partial charge in [-0.2, -0.15) is 0 Å². The fraction of sp³-hybridized carbons (Fsp3) is 0.368. The molecular weight excluding hydrogens is 310 g/mol. The summed E-state index contributed by atoms with van der Waals surface area (Å²) in [4.78, 5) is 6.12. The second-order valence-corrected chi connectivity index (χ2v) is 6.34. The van der Waals surface area contributed by atoms with Crippen LogP contribution in [0.1, 0.15) is 25.7 Å². The van der Waals surface area contributed by atoms with Gasteiger partial charge < -0.3 is 9.64 Å². The maximum atomic E-state index is 14.5. The SMILES string of the molecule is Fc1cc(-c2cccc(OC3CCC3)n2)cc(F)c1N1C[CH]CC1. The Labute approximate surface area is 140 Å². The van der Waals surface area contributed by atoms with Gasteiger partial charge >= 0.3 is 0 Å². The van der Waals surface area contributed by atoms with Crippen LogP contribution in [0.25, 0.3) is 11.3 Å². The Balaban J connectivity index is 1.62. The molecule has 1 aromatic heterocycles. The molecule has 2 aromatic rings. The van der Waals surface area contributed by atoms with E-state index < -0.39 is 11.6 Å². The first kappa shape index (κ1) is 15.4. The van der Waals surface area contributed by atoms with Crippen LogP contribution >= 0.6 is 0 Å². The number of rotatable bonds is 4. The Bertz CT molecular complexity index is 717. The quantitative estimate of drug-likeness (QED) is 0.833. The summed E-state index contributed by atoms with van der Waals surface area (Å²) in [6.07, 6.45) is 6.34. The summed E-state index contributed by atoms with van der Waals surface area (Å²) in [5.74, 6) is -0.587. The normalized spacial score (nSPS) is 17.8. The van der Waals surface area contributed by atoms with Crippen LogP contribution in [-0.2, 0) is 0 Å². The molecule has 0 spiro atoms. The standard InChI is InChI=1S/C19H19F2N2O/c20-15-11-13(12-16(21)19(15)23-9-1-2-10-23)17-7-4-8-18(22-17)24-14-5-3-6-14/h1,4,7-8,11-12,14H,2-3,5-6,9-10H2. The molecule has 0 bridgehead atoms. The smallest absolute Gasteiger partial charge is 0.214 e. The van der Waals surface area contributed by atoms with Crippen molar-refractivity contribution in [1.82, 2.24) is 4.98 Å². The third-order valence-electron chi connectivity index (χ3n) is 4.64. The van der Waals surface area contributed by atoms with Gasteiger partial charge in [0.1, 0.15) is 23.4 Å². The molecule has 4 rings (SSSR count). The van der Waals surface area contributed by atoms with Crippen LogP contribution in [-0.4, -0.2) is 24.2 Å². The molecule has 3 nitrogen and oxygen atoms in total. The summed E-state index contributed by atoms with van der Waals surface area (Å²) >= 11 is 0. The molecule has 1 radical (unpaired) electrons. The molecule has 2 heterocycles. The lowest BCUT2D eigenvalue weighted by Crippen LogP contribution is -2.24. The van der Waals surface area contributed by atoms with Crippen molar-refractivity contribution in [2.75, 3.05) is 18.0 Å². The Morgan fingerprint density at radius 2 is 1.92 bits per heavy atom. The van der Waals surface area contributed by atoms with Gasteiger partial charge in [0.25, 0.3) is 0 Å². The second kappa shape index (κ2) is 6.38. The number of ether oxygens (including phenoxy) is 1. The highest BCUT2D eigenvalue weighted by atomic mass is 19.1. The molecule has 2 fully saturated rings. The van der Waals surface area contributed by atoms with Crippen LogP contribution in [0.2, 0.25) is 0 Å². The first-order chi connectivity index (χ1) is 11.7. The van der Waals surface area contributed by atoms with Gasteiger partial charge in [-0.3, -0.25) is 0 Å². The third kappa shape index (κ3) is 2.95. The van der Waals surface area contributed by atoms with Crippen molar-refractivity contribution in [2.24, 2.45) is 0 Å². The molecule has 1 aromatic carbocycles. The van der Waals surface area contributed by atoms with Crippen molar-refractivity contribution in [3.8, 4) is 17.1 Å². The lowest BCUT2D eigenvalue weighted by molar-refractivity contribution is 0.115. The highest BCUT2D eigenvalue weighted by Crippen LogP contribution is 2.32. The number of pyridine rings is 1. The molecule has 0 atom stereocenters. The number of hydrogen-bond acceptors (Lipinski definition) is 3. The summed E-state index contributed by atoms with van der Waals surface area (Å²) < 4.78 is 34.7. The number of aromatic nitrogens is 1. The van der Waals surface area contributed by atoms with Gasteiger partial charge in [-0.15, -0.1) is 0 Å². The van der Waals surface area contributed by atoms with Gasteiger partial charge in [-0.05, 0) is 50.3 Å². The van der Waals surface area contributed by atoms with Gasteiger partial charge in [0.2, 0.25) is 5.88 Å². The van der Waals surface area contributed by atoms with Crippen molar-refractivity contribution < 1.29 is 13.5 Å². The molecule has 1 aliphatic heterocycles. The minimum atomic E-state index is -0.549. The lowest BCUT2D eigenvalue weighted by Gasteiger charge is -2.25. The number of benzene rings is 1. The zero-order valence-corrected chi connectivity index (χ0v) is 13.3. The third-order valence-corrected chi connectivity index (χ3v) is 4.64. The molecule has 1 saturated heterocycles. The van der Waals surface area contributed by atoms with E-state index in [-0.39, 0.29) is 11.8 Å². The molecule has 0 unspecified atom stereocenters. The molecule has 2 aliphatic rings. The fourth-order valence-electron chi connectivity index (χ4n) is 3.10. The fourth-order valence-corrected chi connectivity index (χ4v) is 3.10. The Morgan fingerprint density at radius 1 is 1.12 bits per heavy atom. The van der Waals surface area contributed by atoms with E-state index in [2.05, 4.69) is 4.98 Å². The average Bonchev–Trinajstić information content (AvgIpc) is 3.04. The van der Waals surface area contributed by atoms with Crippen molar-refractivity contribution in [3.63, 3.8) is 0 Å². The summed E-state index contributed by atoms with van der Waals surface area (Å²) in [6, 6.07) is 8.03. The van der Waals surface area contributed by atoms with Crippen LogP contribution in [0.5, 0.6) is 5.88 Å². The van der Waals surface area contributed by atoms with E-state index in [4.69, 9.17) is 4.74 Å². The Kier molecular flexibility index (Phi) is 4.08. The van der Waals surface area contributed by atoms with Crippen LogP contribution in [0.4, 0.5) is 14.5 Å². The zero-order valence-electron chi connectivity index (χ0n) is 13.3. The lowest BCUT2D eigenvalue weighted by atomic mass is 9.96. The first-order valence-corrected chi connectivity index (χ1v) is 8.40. The average molecular weight is 329 g/mol. The van der Waals surface area contributed by atoms with Gasteiger partial charge in [0.05, 0.1) is 5.69 Å². The number of anilines is 1. The van der Waals surface area contributed by atoms with Gasteiger partial charge in [0.15, 0.2) is 0 Å². The molecule has 125 valence electrons. The van der Waals surface area contributed by atoms with E-state index in [1.807, 2.05) is 6.42 Å². The minimum Gasteiger partial charge on any atom is -0.474 e. The second-order valence-electron chi connectivity index (χ2n) is 6.34. The monoisotopic (exact) mass is 329 g/mol. The number of halogens is 2. The van der Waals surface area contributed by atoms with E-state index in [0.29, 0.717) is 30.2 Å². The molecular formula is C19H19F2N2O. The van der Waals surface area contributed by atoms with Crippen molar-refractivity contribution in [1.29, 1.82) is 0 Å². The summed E-state index contributed by atoms with van der Waals surface area (Å²) in [7, 11) is 0. The van der Waals surface area contributed by atoms with Crippen LogP contribution in [0.15, 0.2) is 30.3 Å². The molecule has 24 heavy (non-hydrogen) atoms. The van der Waals surface area contributed by atoms with E-state index in [1.54, 1.807) is 23.1 Å².